The highest BCUT2D eigenvalue weighted by Crippen LogP contribution is 2.25. The Morgan fingerprint density at radius 2 is 1.87 bits per heavy atom. The zero-order valence-electron chi connectivity index (χ0n) is 21.6. The summed E-state index contributed by atoms with van der Waals surface area (Å²) in [6.07, 6.45) is 0.148. The van der Waals surface area contributed by atoms with E-state index in [-0.39, 0.29) is 37.0 Å². The summed E-state index contributed by atoms with van der Waals surface area (Å²) < 4.78 is 17.2. The number of benzene rings is 2. The van der Waals surface area contributed by atoms with E-state index in [1.54, 1.807) is 36.9 Å². The molecule has 0 unspecified atom stereocenters. The summed E-state index contributed by atoms with van der Waals surface area (Å²) in [4.78, 5) is 40.7. The minimum Gasteiger partial charge on any atom is -0.488 e. The first kappa shape index (κ1) is 25.3. The molecule has 3 aromatic rings. The predicted octanol–water partition coefficient (Wildman–Crippen LogP) is 2.70. The van der Waals surface area contributed by atoms with Gasteiger partial charge in [-0.05, 0) is 56.2 Å². The molecule has 1 aromatic heterocycles. The molecule has 4 bridgehead atoms. The molecule has 10 nitrogen and oxygen atoms in total. The summed E-state index contributed by atoms with van der Waals surface area (Å²) in [6.45, 7) is 6.19. The lowest BCUT2D eigenvalue weighted by molar-refractivity contribution is -0.123. The molecule has 0 spiro atoms. The summed E-state index contributed by atoms with van der Waals surface area (Å²) in [7, 11) is 0. The maximum absolute atomic E-state index is 13.4. The van der Waals surface area contributed by atoms with Crippen LogP contribution in [0.25, 0.3) is 0 Å². The van der Waals surface area contributed by atoms with Crippen LogP contribution in [0.3, 0.4) is 0 Å². The van der Waals surface area contributed by atoms with Gasteiger partial charge in [-0.3, -0.25) is 14.4 Å². The van der Waals surface area contributed by atoms with Gasteiger partial charge in [0, 0.05) is 31.6 Å². The molecule has 2 N–H and O–H groups in total. The van der Waals surface area contributed by atoms with Crippen LogP contribution in [-0.2, 0) is 11.3 Å². The number of carbonyl (C=O) groups is 3. The fraction of sp³-hybridized carbons (Fsp3) is 0.357. The highest BCUT2D eigenvalue weighted by atomic mass is 16.5. The van der Waals surface area contributed by atoms with Gasteiger partial charge in [-0.2, -0.15) is 0 Å². The van der Waals surface area contributed by atoms with Gasteiger partial charge in [-0.15, -0.1) is 0 Å². The monoisotopic (exact) mass is 518 g/mol. The number of nitrogens with one attached hydrogen (secondary N) is 2. The molecule has 2 atom stereocenters. The van der Waals surface area contributed by atoms with Crippen molar-refractivity contribution in [2.24, 2.45) is 0 Å². The molecule has 3 aliphatic rings. The second-order valence-corrected chi connectivity index (χ2v) is 9.66. The minimum absolute atomic E-state index is 0.170. The molecule has 10 heteroatoms. The van der Waals surface area contributed by atoms with Gasteiger partial charge < -0.3 is 29.5 Å². The van der Waals surface area contributed by atoms with Crippen LogP contribution in [0.4, 0.5) is 0 Å². The lowest BCUT2D eigenvalue weighted by Crippen LogP contribution is -2.58. The van der Waals surface area contributed by atoms with E-state index in [4.69, 9.17) is 14.0 Å². The second kappa shape index (κ2) is 10.6. The van der Waals surface area contributed by atoms with E-state index in [2.05, 4.69) is 15.8 Å². The van der Waals surface area contributed by atoms with Crippen molar-refractivity contribution in [1.29, 1.82) is 0 Å². The van der Waals surface area contributed by atoms with E-state index in [1.807, 2.05) is 31.2 Å². The highest BCUT2D eigenvalue weighted by Gasteiger charge is 2.36. The van der Waals surface area contributed by atoms with Gasteiger partial charge in [-0.25, -0.2) is 0 Å². The number of amides is 3. The summed E-state index contributed by atoms with van der Waals surface area (Å²) in [5, 5.41) is 9.81. The maximum Gasteiger partial charge on any atom is 0.259 e. The van der Waals surface area contributed by atoms with Crippen LogP contribution in [0.15, 0.2) is 47.0 Å². The van der Waals surface area contributed by atoms with E-state index >= 15 is 0 Å². The number of nitrogens with zero attached hydrogens (tertiary/aromatic N) is 2. The van der Waals surface area contributed by atoms with Gasteiger partial charge in [0.15, 0.2) is 6.61 Å². The molecule has 3 aliphatic heterocycles. The standard InChI is InChI=1S/C28H30N4O6/c1-16-4-7-20-12-24(16)36-15-25(33)29-13-19-5-8-21(9-6-19)37-23-10-11-32(14-22(23)30-27(20)34)28(35)26-17(2)31-38-18(26)3/h4-9,12,22-23H,10-11,13-15H2,1-3H3,(H,29,33)(H,30,34)/t22-,23-/m0/s1. The number of piperidine rings is 1. The Balaban J connectivity index is 1.45. The van der Waals surface area contributed by atoms with Crippen molar-refractivity contribution in [2.45, 2.75) is 45.9 Å². The molecule has 198 valence electrons. The third kappa shape index (κ3) is 5.34. The quantitative estimate of drug-likeness (QED) is 0.508. The van der Waals surface area contributed by atoms with Crippen LogP contribution in [-0.4, -0.2) is 59.6 Å². The van der Waals surface area contributed by atoms with Crippen LogP contribution < -0.4 is 20.1 Å². The van der Waals surface area contributed by atoms with Gasteiger partial charge >= 0.3 is 0 Å². The summed E-state index contributed by atoms with van der Waals surface area (Å²) in [5.74, 6) is 0.768. The number of fused-ring (bicyclic) bond motifs is 7. The highest BCUT2D eigenvalue weighted by molar-refractivity contribution is 5.97. The molecule has 4 heterocycles. The number of hydrogen-bond acceptors (Lipinski definition) is 7. The summed E-state index contributed by atoms with van der Waals surface area (Å²) >= 11 is 0. The summed E-state index contributed by atoms with van der Waals surface area (Å²) in [5.41, 5.74) is 3.07. The van der Waals surface area contributed by atoms with E-state index in [9.17, 15) is 14.4 Å². The van der Waals surface area contributed by atoms with E-state index < -0.39 is 6.04 Å². The Bertz CT molecular complexity index is 1350. The van der Waals surface area contributed by atoms with Crippen LogP contribution in [0.1, 0.15) is 49.7 Å². The van der Waals surface area contributed by atoms with Crippen molar-refractivity contribution in [1.82, 2.24) is 20.7 Å². The van der Waals surface area contributed by atoms with Gasteiger partial charge in [0.25, 0.3) is 17.7 Å². The molecule has 2 aromatic carbocycles. The number of aryl methyl sites for hydroxylation is 3. The average molecular weight is 519 g/mol. The zero-order valence-corrected chi connectivity index (χ0v) is 21.6. The Labute approximate surface area is 220 Å². The molecular formula is C28H30N4O6. The number of carbonyl (C=O) groups excluding carboxylic acids is 3. The number of ether oxygens (including phenoxy) is 2. The first-order chi connectivity index (χ1) is 18.3. The van der Waals surface area contributed by atoms with Gasteiger partial charge in [0.05, 0.1) is 11.7 Å². The zero-order chi connectivity index (χ0) is 26.8. The Hall–Kier alpha value is -4.34. The van der Waals surface area contributed by atoms with Crippen LogP contribution in [0.2, 0.25) is 0 Å². The lowest BCUT2D eigenvalue weighted by Gasteiger charge is -2.38. The number of rotatable bonds is 1. The van der Waals surface area contributed by atoms with Gasteiger partial charge in [0.2, 0.25) is 0 Å². The third-order valence-corrected chi connectivity index (χ3v) is 6.91. The minimum atomic E-state index is -0.482. The number of aromatic nitrogens is 1. The van der Waals surface area contributed by atoms with Crippen molar-refractivity contribution in [2.75, 3.05) is 19.7 Å². The van der Waals surface area contributed by atoms with E-state index in [0.717, 1.165) is 11.1 Å². The molecule has 0 aliphatic carbocycles. The number of likely N-dealkylation sites (tertiary alicyclic amines) is 1. The first-order valence-corrected chi connectivity index (χ1v) is 12.6. The van der Waals surface area contributed by atoms with Crippen molar-refractivity contribution in [3.63, 3.8) is 0 Å². The fourth-order valence-electron chi connectivity index (χ4n) is 4.75. The maximum atomic E-state index is 13.4. The van der Waals surface area contributed by atoms with Crippen LogP contribution in [0, 0.1) is 20.8 Å². The molecule has 6 rings (SSSR count). The van der Waals surface area contributed by atoms with Gasteiger partial charge in [0.1, 0.15) is 28.9 Å². The Morgan fingerprint density at radius 3 is 2.61 bits per heavy atom. The largest absolute Gasteiger partial charge is 0.488 e. The Morgan fingerprint density at radius 1 is 1.08 bits per heavy atom. The van der Waals surface area contributed by atoms with E-state index in [0.29, 0.717) is 53.6 Å². The Kier molecular flexibility index (Phi) is 7.04. The molecule has 0 radical (unpaired) electrons. The molecule has 38 heavy (non-hydrogen) atoms. The smallest absolute Gasteiger partial charge is 0.259 e. The molecule has 3 amide bonds. The predicted molar refractivity (Wildman–Crippen MR) is 137 cm³/mol. The number of hydrogen-bond donors (Lipinski definition) is 2. The van der Waals surface area contributed by atoms with E-state index in [1.165, 1.54) is 0 Å². The lowest BCUT2D eigenvalue weighted by atomic mass is 9.99. The first-order valence-electron chi connectivity index (χ1n) is 12.6. The second-order valence-electron chi connectivity index (χ2n) is 9.66. The normalized spacial score (nSPS) is 19.9. The molecular weight excluding hydrogens is 488 g/mol. The van der Waals surface area contributed by atoms with Crippen molar-refractivity contribution in [3.8, 4) is 11.5 Å². The molecule has 1 saturated heterocycles. The van der Waals surface area contributed by atoms with Crippen LogP contribution in [0.5, 0.6) is 11.5 Å². The van der Waals surface area contributed by atoms with Crippen LogP contribution >= 0.6 is 0 Å². The SMILES string of the molecule is Cc1ccc2cc1OCC(=O)NCc1ccc(cc1)O[C@H]1CCN(C(=O)c3c(C)noc3C)C[C@@H]1NC2=O. The molecule has 0 saturated carbocycles. The summed E-state index contributed by atoms with van der Waals surface area (Å²) in [6, 6.07) is 12.1. The third-order valence-electron chi connectivity index (χ3n) is 6.91. The van der Waals surface area contributed by atoms with Gasteiger partial charge in [-0.1, -0.05) is 23.4 Å². The van der Waals surface area contributed by atoms with Crippen molar-refractivity contribution < 1.29 is 28.4 Å². The van der Waals surface area contributed by atoms with Crippen molar-refractivity contribution >= 4 is 17.7 Å². The topological polar surface area (TPSA) is 123 Å². The fourth-order valence-corrected chi connectivity index (χ4v) is 4.75. The average Bonchev–Trinajstić information content (AvgIpc) is 3.25. The van der Waals surface area contributed by atoms with Crippen molar-refractivity contribution in [3.05, 3.63) is 76.2 Å². The molecule has 1 fully saturated rings.